The molecule has 0 atom stereocenters. The third-order valence-electron chi connectivity index (χ3n) is 1.83. The predicted octanol–water partition coefficient (Wildman–Crippen LogP) is 2.97. The Morgan fingerprint density at radius 1 is 0.579 bits per heavy atom. The van der Waals surface area contributed by atoms with Crippen molar-refractivity contribution in [3.63, 3.8) is 0 Å². The fourth-order valence-electron chi connectivity index (χ4n) is 1.03. The standard InChI is InChI=1S/2C5H5.C4H4S2Se2.Ti/c2*1-2-4-5-3-1;7-3-4(8)6-2-1-5-3;/h2*1-5H;1-2H2;/q;;;+2. The van der Waals surface area contributed by atoms with Gasteiger partial charge in [-0.15, -0.1) is 0 Å². The molecule has 0 nitrogen and oxygen atoms in total. The Morgan fingerprint density at radius 2 is 0.789 bits per heavy atom. The molecule has 1 heterocycles. The van der Waals surface area contributed by atoms with Gasteiger partial charge in [0, 0.05) is 0 Å². The largest absolute Gasteiger partial charge is 2.00 e. The smallest absolute Gasteiger partial charge is 2.00 e. The number of hydrogen-bond acceptors (Lipinski definition) is 2. The van der Waals surface area contributed by atoms with Crippen LogP contribution in [-0.4, -0.2) is 43.5 Å². The molecule has 3 aliphatic rings. The summed E-state index contributed by atoms with van der Waals surface area (Å²) in [6, 6.07) is 0. The van der Waals surface area contributed by atoms with Crippen LogP contribution in [0.1, 0.15) is 0 Å². The van der Waals surface area contributed by atoms with E-state index in [0.717, 1.165) is 0 Å². The van der Waals surface area contributed by atoms with E-state index in [4.69, 9.17) is 0 Å². The molecule has 0 aromatic carbocycles. The van der Waals surface area contributed by atoms with E-state index in [0.29, 0.717) is 0 Å². The summed E-state index contributed by atoms with van der Waals surface area (Å²) >= 11 is 9.83. The number of rotatable bonds is 0. The van der Waals surface area contributed by atoms with Crippen molar-refractivity contribution in [2.75, 3.05) is 11.5 Å². The summed E-state index contributed by atoms with van der Waals surface area (Å²) in [7, 11) is 0. The van der Waals surface area contributed by atoms with Gasteiger partial charge in [0.1, 0.15) is 0 Å². The normalized spacial score (nSPS) is 21.7. The first-order valence-electron chi connectivity index (χ1n) is 5.48. The van der Waals surface area contributed by atoms with E-state index in [1.807, 2.05) is 87.7 Å². The average molecular weight is 452 g/mol. The molecule has 0 aromatic rings. The van der Waals surface area contributed by atoms with Gasteiger partial charge < -0.3 is 0 Å². The van der Waals surface area contributed by atoms with E-state index in [1.165, 1.54) is 19.1 Å². The first kappa shape index (κ1) is 21.2. The Balaban J connectivity index is 0.000000259. The molecule has 0 N–H and O–H groups in total. The van der Waals surface area contributed by atoms with Crippen LogP contribution < -0.4 is 0 Å². The van der Waals surface area contributed by atoms with Gasteiger partial charge in [0.2, 0.25) is 0 Å². The van der Waals surface area contributed by atoms with Crippen molar-refractivity contribution < 1.29 is 21.7 Å². The van der Waals surface area contributed by atoms with E-state index >= 15 is 0 Å². The minimum absolute atomic E-state index is 0. The third kappa shape index (κ3) is 12.4. The van der Waals surface area contributed by atoms with Crippen LogP contribution in [0.5, 0.6) is 0 Å². The van der Waals surface area contributed by atoms with E-state index < -0.39 is 0 Å². The van der Waals surface area contributed by atoms with Crippen molar-refractivity contribution in [1.82, 2.24) is 0 Å². The molecule has 2 fully saturated rings. The molecular formula is C14H14S2Se2Ti+2. The van der Waals surface area contributed by atoms with Crippen LogP contribution >= 0.6 is 23.5 Å². The monoisotopic (exact) mass is 454 g/mol. The summed E-state index contributed by atoms with van der Waals surface area (Å²) in [6.45, 7) is 0. The second-order valence-corrected chi connectivity index (χ2v) is 8.29. The molecule has 0 bridgehead atoms. The zero-order valence-corrected chi connectivity index (χ0v) is 16.9. The Hall–Kier alpha value is 2.19. The first-order chi connectivity index (χ1) is 8.80. The Kier molecular flexibility index (Phi) is 16.8. The van der Waals surface area contributed by atoms with Crippen molar-refractivity contribution in [1.29, 1.82) is 0 Å². The van der Waals surface area contributed by atoms with Gasteiger partial charge in [-0.05, 0) is 64.2 Å². The molecule has 0 unspecified atom stereocenters. The predicted molar refractivity (Wildman–Crippen MR) is 86.5 cm³/mol. The topological polar surface area (TPSA) is 0 Å². The zero-order valence-electron chi connectivity index (χ0n) is 10.3. The van der Waals surface area contributed by atoms with Gasteiger partial charge >= 0.3 is 96.4 Å². The molecule has 0 aromatic heterocycles. The van der Waals surface area contributed by atoms with E-state index in [1.54, 1.807) is 0 Å². The van der Waals surface area contributed by atoms with Crippen molar-refractivity contribution in [2.45, 2.75) is 0 Å². The molecule has 0 saturated heterocycles. The molecule has 3 rings (SSSR count). The summed E-state index contributed by atoms with van der Waals surface area (Å²) in [5.74, 6) is 2.50. The summed E-state index contributed by atoms with van der Waals surface area (Å²) < 4.78 is 2.67. The van der Waals surface area contributed by atoms with Gasteiger partial charge in [-0.25, -0.2) is 0 Å². The minimum atomic E-state index is 0. The van der Waals surface area contributed by atoms with Crippen LogP contribution in [0.25, 0.3) is 0 Å². The van der Waals surface area contributed by atoms with Crippen LogP contribution in [-0.2, 0) is 21.7 Å². The molecule has 0 spiro atoms. The van der Waals surface area contributed by atoms with Crippen molar-refractivity contribution >= 4 is 55.5 Å². The molecule has 2 saturated carbocycles. The molecule has 96 valence electrons. The van der Waals surface area contributed by atoms with Crippen LogP contribution in [0.4, 0.5) is 0 Å². The average Bonchev–Trinajstić information content (AvgIpc) is 3.11. The number of hydrogen-bond donors (Lipinski definition) is 0. The Labute approximate surface area is 159 Å². The van der Waals surface area contributed by atoms with Crippen molar-refractivity contribution in [3.05, 3.63) is 71.8 Å². The summed E-state index contributed by atoms with van der Waals surface area (Å²) in [6.07, 6.45) is 20.0. The van der Waals surface area contributed by atoms with E-state index in [9.17, 15) is 0 Å². The third-order valence-corrected chi connectivity index (χ3v) is 7.54. The maximum absolute atomic E-state index is 3.02. The van der Waals surface area contributed by atoms with Crippen LogP contribution in [0, 0.1) is 64.2 Å². The maximum atomic E-state index is 3.02. The van der Waals surface area contributed by atoms with Crippen LogP contribution in [0.15, 0.2) is 7.61 Å². The summed E-state index contributed by atoms with van der Waals surface area (Å²) in [5, 5.41) is 0. The molecule has 5 heteroatoms. The zero-order chi connectivity index (χ0) is 13.1. The SMILES string of the molecule is [CH]1[CH][CH][CH][CH]1.[CH]1[CH][CH][CH][CH]1.[Se]C1=C([Se])SCCS1.[Ti+2]. The van der Waals surface area contributed by atoms with Gasteiger partial charge in [0.05, 0.1) is 0 Å². The molecule has 19 heavy (non-hydrogen) atoms. The van der Waals surface area contributed by atoms with Gasteiger partial charge in [0.15, 0.2) is 0 Å². The molecule has 1 aliphatic heterocycles. The van der Waals surface area contributed by atoms with Gasteiger partial charge in [-0.1, -0.05) is 0 Å². The Bertz CT molecular complexity index is 200. The van der Waals surface area contributed by atoms with Crippen molar-refractivity contribution in [2.24, 2.45) is 0 Å². The molecular weight excluding hydrogens is 438 g/mol. The quantitative estimate of drug-likeness (QED) is 0.519. The van der Waals surface area contributed by atoms with Gasteiger partial charge in [-0.3, -0.25) is 0 Å². The Morgan fingerprint density at radius 3 is 0.947 bits per heavy atom. The number of thioether (sulfide) groups is 2. The van der Waals surface area contributed by atoms with E-state index in [-0.39, 0.29) is 21.7 Å². The second kappa shape index (κ2) is 15.1. The first-order valence-corrected chi connectivity index (χ1v) is 9.16. The van der Waals surface area contributed by atoms with Crippen LogP contribution in [0.3, 0.4) is 0 Å². The molecule has 12 radical (unpaired) electrons. The van der Waals surface area contributed by atoms with E-state index in [2.05, 4.69) is 32.0 Å². The fraction of sp³-hybridized carbons (Fsp3) is 0.143. The summed E-state index contributed by atoms with van der Waals surface area (Å²) in [4.78, 5) is 0. The summed E-state index contributed by atoms with van der Waals surface area (Å²) in [5.41, 5.74) is 0. The van der Waals surface area contributed by atoms with Gasteiger partial charge in [0.25, 0.3) is 0 Å². The molecule has 2 aliphatic carbocycles. The van der Waals surface area contributed by atoms with Gasteiger partial charge in [-0.2, -0.15) is 0 Å². The second-order valence-electron chi connectivity index (χ2n) is 3.20. The maximum Gasteiger partial charge on any atom is 2.00 e. The van der Waals surface area contributed by atoms with Crippen molar-refractivity contribution in [3.8, 4) is 0 Å². The fourth-order valence-corrected chi connectivity index (χ4v) is 4.45. The molecule has 0 amide bonds. The minimum Gasteiger partial charge on any atom is 2.00 e. The van der Waals surface area contributed by atoms with Crippen LogP contribution in [0.2, 0.25) is 0 Å².